The Balaban J connectivity index is 0.000000286. The number of hydrogen-bond acceptors (Lipinski definition) is 6. The average molecular weight is 357 g/mol. The molecule has 0 fully saturated rings. The highest BCUT2D eigenvalue weighted by Gasteiger charge is 2.29. The molecule has 0 aromatic heterocycles. The van der Waals surface area contributed by atoms with Gasteiger partial charge in [0.25, 0.3) is 0 Å². The van der Waals surface area contributed by atoms with Crippen molar-refractivity contribution in [2.24, 2.45) is 4.99 Å². The molecule has 0 aliphatic carbocycles. The van der Waals surface area contributed by atoms with Gasteiger partial charge in [-0.15, -0.1) is 0 Å². The second-order valence-corrected chi connectivity index (χ2v) is 5.93. The molecule has 136 valence electrons. The molecular formula is C18H19N3O5. The molecule has 1 unspecified atom stereocenters. The van der Waals surface area contributed by atoms with E-state index in [1.807, 2.05) is 0 Å². The number of aliphatic carboxylic acids is 2. The Morgan fingerprint density at radius 2 is 1.92 bits per heavy atom. The quantitative estimate of drug-likeness (QED) is 0.658. The number of likely N-dealkylation sites (N-methyl/N-ethyl adjacent to an activating group) is 1. The molecule has 0 radical (unpaired) electrons. The molecule has 0 bridgehead atoms. The molecule has 2 aliphatic rings. The van der Waals surface area contributed by atoms with Gasteiger partial charge in [-0.2, -0.15) is 0 Å². The molecule has 0 amide bonds. The van der Waals surface area contributed by atoms with E-state index in [0.29, 0.717) is 0 Å². The van der Waals surface area contributed by atoms with Gasteiger partial charge < -0.3 is 25.2 Å². The van der Waals surface area contributed by atoms with Crippen molar-refractivity contribution in [3.8, 4) is 5.75 Å². The minimum Gasteiger partial charge on any atom is -0.478 e. The smallest absolute Gasteiger partial charge is 0.414 e. The number of amidine groups is 1. The molecule has 1 atom stereocenters. The number of anilines is 1. The lowest BCUT2D eigenvalue weighted by atomic mass is 10.1. The van der Waals surface area contributed by atoms with Crippen molar-refractivity contribution in [3.63, 3.8) is 0 Å². The molecule has 8 nitrogen and oxygen atoms in total. The van der Waals surface area contributed by atoms with Crippen LogP contribution in [0.5, 0.6) is 5.75 Å². The molecule has 2 aromatic carbocycles. The Kier molecular flexibility index (Phi) is 4.92. The number of hydrogen-bond donors (Lipinski definition) is 3. The predicted molar refractivity (Wildman–Crippen MR) is 97.2 cm³/mol. The largest absolute Gasteiger partial charge is 0.478 e. The third kappa shape index (κ3) is 3.53. The van der Waals surface area contributed by atoms with Crippen molar-refractivity contribution in [2.75, 3.05) is 31.6 Å². The SMILES string of the molecule is CN1CC(C2=NCCN2)Oc2c1ccc1ccccc21.O=C(O)C(=O)O. The summed E-state index contributed by atoms with van der Waals surface area (Å²) in [5, 5.41) is 20.5. The molecule has 26 heavy (non-hydrogen) atoms. The number of benzene rings is 2. The second kappa shape index (κ2) is 7.30. The van der Waals surface area contributed by atoms with Gasteiger partial charge in [0.05, 0.1) is 18.8 Å². The summed E-state index contributed by atoms with van der Waals surface area (Å²) in [6.07, 6.45) is 0.000746. The van der Waals surface area contributed by atoms with Crippen LogP contribution in [0, 0.1) is 0 Å². The molecule has 2 aliphatic heterocycles. The normalized spacial score (nSPS) is 18.0. The van der Waals surface area contributed by atoms with Gasteiger partial charge in [-0.05, 0) is 11.5 Å². The van der Waals surface area contributed by atoms with Crippen LogP contribution in [-0.4, -0.2) is 60.8 Å². The van der Waals surface area contributed by atoms with E-state index in [1.54, 1.807) is 0 Å². The van der Waals surface area contributed by atoms with Gasteiger partial charge in [-0.1, -0.05) is 30.3 Å². The minimum atomic E-state index is -1.82. The predicted octanol–water partition coefficient (Wildman–Crippen LogP) is 1.19. The van der Waals surface area contributed by atoms with Crippen molar-refractivity contribution in [1.29, 1.82) is 0 Å². The highest BCUT2D eigenvalue weighted by molar-refractivity contribution is 6.27. The monoisotopic (exact) mass is 357 g/mol. The van der Waals surface area contributed by atoms with E-state index >= 15 is 0 Å². The Bertz CT molecular complexity index is 868. The number of rotatable bonds is 1. The van der Waals surface area contributed by atoms with Crippen molar-refractivity contribution in [2.45, 2.75) is 6.10 Å². The third-order valence-electron chi connectivity index (χ3n) is 4.16. The fraction of sp³-hybridized carbons (Fsp3) is 0.278. The molecule has 3 N–H and O–H groups in total. The zero-order valence-electron chi connectivity index (χ0n) is 14.2. The zero-order chi connectivity index (χ0) is 18.7. The maximum absolute atomic E-state index is 9.10. The number of ether oxygens (including phenoxy) is 1. The van der Waals surface area contributed by atoms with Crippen LogP contribution in [0.25, 0.3) is 10.8 Å². The third-order valence-corrected chi connectivity index (χ3v) is 4.16. The van der Waals surface area contributed by atoms with Crippen LogP contribution in [-0.2, 0) is 9.59 Å². The van der Waals surface area contributed by atoms with Crippen LogP contribution < -0.4 is 15.0 Å². The summed E-state index contributed by atoms with van der Waals surface area (Å²) in [5.74, 6) is -1.70. The number of nitrogens with one attached hydrogen (secondary N) is 1. The molecule has 2 heterocycles. The maximum Gasteiger partial charge on any atom is 0.414 e. The van der Waals surface area contributed by atoms with Gasteiger partial charge in [-0.25, -0.2) is 9.59 Å². The number of carbonyl (C=O) groups is 2. The zero-order valence-corrected chi connectivity index (χ0v) is 14.2. The second-order valence-electron chi connectivity index (χ2n) is 5.93. The van der Waals surface area contributed by atoms with Crippen LogP contribution >= 0.6 is 0 Å². The number of nitrogens with zero attached hydrogens (tertiary/aromatic N) is 2. The highest BCUT2D eigenvalue weighted by atomic mass is 16.5. The fourth-order valence-corrected chi connectivity index (χ4v) is 2.96. The average Bonchev–Trinajstić information content (AvgIpc) is 3.16. The first-order valence-corrected chi connectivity index (χ1v) is 8.11. The fourth-order valence-electron chi connectivity index (χ4n) is 2.96. The van der Waals surface area contributed by atoms with Gasteiger partial charge in [0, 0.05) is 19.0 Å². The number of carboxylic acid groups (broad SMARTS) is 2. The summed E-state index contributed by atoms with van der Waals surface area (Å²) in [6, 6.07) is 12.6. The Morgan fingerprint density at radius 1 is 1.19 bits per heavy atom. The summed E-state index contributed by atoms with van der Waals surface area (Å²) < 4.78 is 6.26. The highest BCUT2D eigenvalue weighted by Crippen LogP contribution is 2.39. The minimum absolute atomic E-state index is 0.000746. The van der Waals surface area contributed by atoms with Crippen LogP contribution in [0.4, 0.5) is 5.69 Å². The van der Waals surface area contributed by atoms with Gasteiger partial charge in [0.15, 0.2) is 11.9 Å². The molecular weight excluding hydrogens is 338 g/mol. The number of carboxylic acids is 2. The lowest BCUT2D eigenvalue weighted by Crippen LogP contribution is -2.46. The van der Waals surface area contributed by atoms with E-state index < -0.39 is 11.9 Å². The van der Waals surface area contributed by atoms with E-state index in [4.69, 9.17) is 24.5 Å². The van der Waals surface area contributed by atoms with E-state index in [1.165, 1.54) is 10.8 Å². The maximum atomic E-state index is 9.10. The molecule has 8 heteroatoms. The lowest BCUT2D eigenvalue weighted by molar-refractivity contribution is -0.159. The van der Waals surface area contributed by atoms with E-state index in [0.717, 1.165) is 36.9 Å². The first-order chi connectivity index (χ1) is 12.5. The first kappa shape index (κ1) is 17.5. The molecule has 0 spiro atoms. The van der Waals surface area contributed by atoms with Crippen LogP contribution in [0.15, 0.2) is 41.4 Å². The Labute approximate surface area is 149 Å². The topological polar surface area (TPSA) is 111 Å². The summed E-state index contributed by atoms with van der Waals surface area (Å²) in [6.45, 7) is 2.60. The van der Waals surface area contributed by atoms with Crippen molar-refractivity contribution < 1.29 is 24.5 Å². The molecule has 0 saturated heterocycles. The summed E-state index contributed by atoms with van der Waals surface area (Å²) in [5.41, 5.74) is 1.15. The van der Waals surface area contributed by atoms with Gasteiger partial charge in [0.2, 0.25) is 0 Å². The lowest BCUT2D eigenvalue weighted by Gasteiger charge is -2.34. The van der Waals surface area contributed by atoms with Gasteiger partial charge in [-0.3, -0.25) is 4.99 Å². The Hall–Kier alpha value is -3.29. The van der Waals surface area contributed by atoms with Gasteiger partial charge >= 0.3 is 11.9 Å². The van der Waals surface area contributed by atoms with Crippen LogP contribution in [0.2, 0.25) is 0 Å². The van der Waals surface area contributed by atoms with E-state index in [9.17, 15) is 0 Å². The molecule has 2 aromatic rings. The summed E-state index contributed by atoms with van der Waals surface area (Å²) in [4.78, 5) is 24.9. The summed E-state index contributed by atoms with van der Waals surface area (Å²) in [7, 11) is 2.11. The van der Waals surface area contributed by atoms with Crippen molar-refractivity contribution in [3.05, 3.63) is 36.4 Å². The van der Waals surface area contributed by atoms with Gasteiger partial charge in [0.1, 0.15) is 5.84 Å². The van der Waals surface area contributed by atoms with Crippen molar-refractivity contribution >= 4 is 34.2 Å². The number of aliphatic imine (C=N–C) groups is 1. The van der Waals surface area contributed by atoms with Crippen LogP contribution in [0.1, 0.15) is 0 Å². The van der Waals surface area contributed by atoms with Crippen molar-refractivity contribution in [1.82, 2.24) is 5.32 Å². The van der Waals surface area contributed by atoms with E-state index in [-0.39, 0.29) is 6.10 Å². The number of fused-ring (bicyclic) bond motifs is 3. The van der Waals surface area contributed by atoms with E-state index in [2.05, 4.69) is 58.7 Å². The first-order valence-electron chi connectivity index (χ1n) is 8.11. The van der Waals surface area contributed by atoms with Crippen LogP contribution in [0.3, 0.4) is 0 Å². The Morgan fingerprint density at radius 3 is 2.58 bits per heavy atom. The summed E-state index contributed by atoms with van der Waals surface area (Å²) >= 11 is 0. The standard InChI is InChI=1S/C16H17N3O.C2H2O4/c1-19-10-14(16-17-8-9-18-16)20-15-12-5-3-2-4-11(12)6-7-13(15)19;3-1(4)2(5)6/h2-7,14H,8-10H2,1H3,(H,17,18);(H,3,4)(H,5,6). The molecule has 0 saturated carbocycles. The molecule has 4 rings (SSSR count).